The summed E-state index contributed by atoms with van der Waals surface area (Å²) in [4.78, 5) is 38.9. The van der Waals surface area contributed by atoms with Crippen LogP contribution in [-0.2, 0) is 14.2 Å². The Kier molecular flexibility index (Phi) is 10.9. The number of hydrogen-bond donors (Lipinski definition) is 1. The van der Waals surface area contributed by atoms with Crippen molar-refractivity contribution in [2.24, 2.45) is 5.92 Å². The number of alkyl carbamates (subject to hydrolysis) is 1. The Morgan fingerprint density at radius 1 is 1.00 bits per heavy atom. The molecule has 0 aromatic heterocycles. The van der Waals surface area contributed by atoms with E-state index in [9.17, 15) is 14.4 Å². The standard InChI is InChI=1S/C21H39N3O6Si/c1-23(2)20(26)29-15-16-11-12-17(30-21(27)24(3)4)9-8-10-18(16)22-19(25)28-13-14-31(5,6)7/h8-9,16-18H,10-15H2,1-7H3,(H,22,25)/b9-8-/t16-,17-,18-/m0/s1. The van der Waals surface area contributed by atoms with Gasteiger partial charge in [0.1, 0.15) is 6.10 Å². The van der Waals surface area contributed by atoms with Crippen LogP contribution in [0, 0.1) is 5.92 Å². The molecule has 0 fully saturated rings. The number of carbonyl (C=O) groups is 3. The number of nitrogens with one attached hydrogen (secondary N) is 1. The fourth-order valence-electron chi connectivity index (χ4n) is 2.90. The van der Waals surface area contributed by atoms with Gasteiger partial charge in [0.25, 0.3) is 0 Å². The van der Waals surface area contributed by atoms with Crippen molar-refractivity contribution in [1.82, 2.24) is 15.1 Å². The molecule has 3 atom stereocenters. The molecule has 3 amide bonds. The first-order chi connectivity index (χ1) is 14.4. The summed E-state index contributed by atoms with van der Waals surface area (Å²) in [7, 11) is 5.20. The molecule has 10 heteroatoms. The van der Waals surface area contributed by atoms with Crippen molar-refractivity contribution < 1.29 is 28.6 Å². The molecular formula is C21H39N3O6Si. The van der Waals surface area contributed by atoms with Gasteiger partial charge in [0.05, 0.1) is 13.2 Å². The molecule has 1 aliphatic carbocycles. The van der Waals surface area contributed by atoms with Gasteiger partial charge in [-0.1, -0.05) is 25.7 Å². The maximum Gasteiger partial charge on any atom is 0.409 e. The maximum atomic E-state index is 12.3. The van der Waals surface area contributed by atoms with E-state index in [0.717, 1.165) is 6.04 Å². The fourth-order valence-corrected chi connectivity index (χ4v) is 3.62. The number of ether oxygens (including phenoxy) is 3. The first-order valence-electron chi connectivity index (χ1n) is 10.7. The molecule has 1 N–H and O–H groups in total. The van der Waals surface area contributed by atoms with Crippen LogP contribution in [0.4, 0.5) is 14.4 Å². The summed E-state index contributed by atoms with van der Waals surface area (Å²) >= 11 is 0. The van der Waals surface area contributed by atoms with E-state index in [1.165, 1.54) is 9.80 Å². The predicted octanol–water partition coefficient (Wildman–Crippen LogP) is 3.54. The summed E-state index contributed by atoms with van der Waals surface area (Å²) in [6.45, 7) is 7.22. The van der Waals surface area contributed by atoms with Gasteiger partial charge in [-0.25, -0.2) is 14.4 Å². The summed E-state index contributed by atoms with van der Waals surface area (Å²) in [5, 5.41) is 2.93. The molecule has 0 aromatic carbocycles. The Morgan fingerprint density at radius 3 is 2.23 bits per heavy atom. The second-order valence-electron chi connectivity index (χ2n) is 9.49. The minimum atomic E-state index is -1.29. The monoisotopic (exact) mass is 457 g/mol. The van der Waals surface area contributed by atoms with Crippen LogP contribution < -0.4 is 5.32 Å². The maximum absolute atomic E-state index is 12.3. The van der Waals surface area contributed by atoms with Crippen LogP contribution in [0.2, 0.25) is 25.7 Å². The molecule has 178 valence electrons. The van der Waals surface area contributed by atoms with Crippen molar-refractivity contribution in [3.05, 3.63) is 12.2 Å². The zero-order valence-corrected chi connectivity index (χ0v) is 21.0. The molecule has 0 saturated heterocycles. The van der Waals surface area contributed by atoms with Gasteiger partial charge in [0.15, 0.2) is 0 Å². The van der Waals surface area contributed by atoms with Crippen LogP contribution >= 0.6 is 0 Å². The summed E-state index contributed by atoms with van der Waals surface area (Å²) < 4.78 is 16.2. The molecule has 31 heavy (non-hydrogen) atoms. The minimum Gasteiger partial charge on any atom is -0.450 e. The Balaban J connectivity index is 2.78. The summed E-state index contributed by atoms with van der Waals surface area (Å²) in [6.07, 6.45) is 3.73. The van der Waals surface area contributed by atoms with E-state index >= 15 is 0 Å². The third kappa shape index (κ3) is 11.1. The molecule has 0 unspecified atom stereocenters. The van der Waals surface area contributed by atoms with Crippen LogP contribution in [-0.4, -0.2) is 89.7 Å². The average molecular weight is 458 g/mol. The van der Waals surface area contributed by atoms with Crippen molar-refractivity contribution in [1.29, 1.82) is 0 Å². The van der Waals surface area contributed by atoms with E-state index in [0.29, 0.717) is 25.9 Å². The van der Waals surface area contributed by atoms with E-state index in [4.69, 9.17) is 14.2 Å². The number of nitrogens with zero attached hydrogens (tertiary/aromatic N) is 2. The molecule has 0 aliphatic heterocycles. The second-order valence-corrected chi connectivity index (χ2v) is 15.1. The molecule has 0 bridgehead atoms. The fraction of sp³-hybridized carbons (Fsp3) is 0.762. The van der Waals surface area contributed by atoms with E-state index < -0.39 is 26.4 Å². The van der Waals surface area contributed by atoms with Gasteiger partial charge in [-0.15, -0.1) is 0 Å². The SMILES string of the molecule is CN(C)C(=O)OC[C@@H]1CC[C@@H](OC(=O)N(C)C)/C=C\C[C@@H]1NC(=O)OCC[Si](C)(C)C. The molecule has 0 aromatic rings. The highest BCUT2D eigenvalue weighted by atomic mass is 28.3. The molecule has 1 rings (SSSR count). The van der Waals surface area contributed by atoms with E-state index in [2.05, 4.69) is 25.0 Å². The van der Waals surface area contributed by atoms with Crippen molar-refractivity contribution in [3.63, 3.8) is 0 Å². The molecule has 9 nitrogen and oxygen atoms in total. The van der Waals surface area contributed by atoms with Crippen molar-refractivity contribution in [2.75, 3.05) is 41.4 Å². The van der Waals surface area contributed by atoms with Crippen LogP contribution in [0.3, 0.4) is 0 Å². The lowest BCUT2D eigenvalue weighted by atomic mass is 9.89. The van der Waals surface area contributed by atoms with Gasteiger partial charge in [-0.3, -0.25) is 0 Å². The molecule has 0 saturated carbocycles. The van der Waals surface area contributed by atoms with Gasteiger partial charge in [-0.05, 0) is 31.4 Å². The number of amides is 3. The summed E-state index contributed by atoms with van der Waals surface area (Å²) in [6, 6.07) is 0.643. The number of carbonyl (C=O) groups excluding carboxylic acids is 3. The van der Waals surface area contributed by atoms with Gasteiger partial charge < -0.3 is 29.3 Å². The van der Waals surface area contributed by atoms with Gasteiger partial charge >= 0.3 is 18.3 Å². The van der Waals surface area contributed by atoms with Gasteiger partial charge in [0.2, 0.25) is 0 Å². The Morgan fingerprint density at radius 2 is 1.65 bits per heavy atom. The van der Waals surface area contributed by atoms with Crippen molar-refractivity contribution in [2.45, 2.75) is 57.1 Å². The lowest BCUT2D eigenvalue weighted by Crippen LogP contribution is -2.44. The quantitative estimate of drug-likeness (QED) is 0.357. The highest BCUT2D eigenvalue weighted by molar-refractivity contribution is 6.76. The molecular weight excluding hydrogens is 418 g/mol. The molecule has 1 aliphatic rings. The third-order valence-corrected chi connectivity index (χ3v) is 6.63. The first kappa shape index (κ1) is 26.8. The number of hydrogen-bond acceptors (Lipinski definition) is 6. The van der Waals surface area contributed by atoms with Crippen LogP contribution in [0.15, 0.2) is 12.2 Å². The zero-order valence-electron chi connectivity index (χ0n) is 20.0. The highest BCUT2D eigenvalue weighted by Crippen LogP contribution is 2.23. The summed E-state index contributed by atoms with van der Waals surface area (Å²) in [5.41, 5.74) is 0. The van der Waals surface area contributed by atoms with E-state index in [1.54, 1.807) is 28.2 Å². The molecule has 0 radical (unpaired) electrons. The average Bonchev–Trinajstić information content (AvgIpc) is 2.63. The molecule has 0 spiro atoms. The molecule has 0 heterocycles. The lowest BCUT2D eigenvalue weighted by Gasteiger charge is -2.30. The smallest absolute Gasteiger partial charge is 0.409 e. The minimum absolute atomic E-state index is 0.140. The highest BCUT2D eigenvalue weighted by Gasteiger charge is 2.28. The third-order valence-electron chi connectivity index (χ3n) is 4.92. The van der Waals surface area contributed by atoms with E-state index in [-0.39, 0.29) is 24.7 Å². The Hall–Kier alpha value is -2.23. The van der Waals surface area contributed by atoms with Gasteiger partial charge in [0, 0.05) is 48.2 Å². The van der Waals surface area contributed by atoms with Crippen molar-refractivity contribution >= 4 is 26.4 Å². The largest absolute Gasteiger partial charge is 0.450 e. The van der Waals surface area contributed by atoms with Crippen LogP contribution in [0.5, 0.6) is 0 Å². The Bertz CT molecular complexity index is 633. The van der Waals surface area contributed by atoms with Crippen molar-refractivity contribution in [3.8, 4) is 0 Å². The van der Waals surface area contributed by atoms with Crippen LogP contribution in [0.1, 0.15) is 19.3 Å². The first-order valence-corrected chi connectivity index (χ1v) is 14.4. The Labute approximate surface area is 187 Å². The van der Waals surface area contributed by atoms with Crippen LogP contribution in [0.25, 0.3) is 0 Å². The second kappa shape index (κ2) is 12.6. The van der Waals surface area contributed by atoms with Gasteiger partial charge in [-0.2, -0.15) is 0 Å². The zero-order chi connectivity index (χ0) is 23.6. The normalized spacial score (nSPS) is 22.4. The van der Waals surface area contributed by atoms with E-state index in [1.807, 2.05) is 12.2 Å². The summed E-state index contributed by atoms with van der Waals surface area (Å²) in [5.74, 6) is -0.140. The lowest BCUT2D eigenvalue weighted by molar-refractivity contribution is 0.0698. The predicted molar refractivity (Wildman–Crippen MR) is 122 cm³/mol. The number of rotatable bonds is 7. The topological polar surface area (TPSA) is 97.4 Å².